The maximum Gasteiger partial charge on any atom is 0.200 e. The third-order valence-corrected chi connectivity index (χ3v) is 11.0. The third kappa shape index (κ3) is 7.70. The predicted molar refractivity (Wildman–Crippen MR) is 203 cm³/mol. The molecule has 7 aromatic rings. The van der Waals surface area contributed by atoms with E-state index in [-0.39, 0.29) is 0 Å². The minimum Gasteiger partial charge on any atom is -0.207 e. The molecule has 0 fully saturated rings. The molecule has 0 atom stereocenters. The fourth-order valence-electron chi connectivity index (χ4n) is 7.87. The highest BCUT2D eigenvalue weighted by Gasteiger charge is 2.52. The Hall–Kier alpha value is -6.93. The summed E-state index contributed by atoms with van der Waals surface area (Å²) in [5.74, 6) is -70.1. The van der Waals surface area contributed by atoms with Gasteiger partial charge >= 0.3 is 0 Å². The topological polar surface area (TPSA) is 0 Å². The standard InChI is InChI=1S/C24BF20.C22H21/c26-5-1(6(27)14(35)21(42)13(5)34)25(2-7(28)15(36)22(43)16(37)8(2)29,3-9(30)17(38)23(44)18(39)10(3)31)4-11(32)19(40)24(45)20(41)12(4)33;1-16-10-4-7-13-19(16)22(20-14-8-5-11-17(20)2)21-15-9-6-12-18(21)3/h;4-15H,1-3H3/q-1;+1. The lowest BCUT2D eigenvalue weighted by molar-refractivity contribution is 0.378. The van der Waals surface area contributed by atoms with Crippen LogP contribution in [0.1, 0.15) is 33.4 Å². The average molecular weight is 964 g/mol. The van der Waals surface area contributed by atoms with Gasteiger partial charge in [0.25, 0.3) is 0 Å². The van der Waals surface area contributed by atoms with E-state index < -0.39 is 144 Å². The van der Waals surface area contributed by atoms with Crippen molar-refractivity contribution in [3.05, 3.63) is 228 Å². The van der Waals surface area contributed by atoms with Gasteiger partial charge in [-0.25, -0.2) is 87.8 Å². The van der Waals surface area contributed by atoms with Gasteiger partial charge in [-0.15, -0.1) is 21.9 Å². The maximum atomic E-state index is 15.4. The van der Waals surface area contributed by atoms with Crippen LogP contribution in [0.5, 0.6) is 0 Å². The van der Waals surface area contributed by atoms with Crippen molar-refractivity contribution in [3.63, 3.8) is 0 Å². The highest BCUT2D eigenvalue weighted by molar-refractivity contribution is 7.20. The van der Waals surface area contributed by atoms with Crippen LogP contribution in [0.15, 0.2) is 72.8 Å². The minimum atomic E-state index is -7.22. The molecular weight excluding hydrogens is 943 g/mol. The molecule has 0 aromatic heterocycles. The van der Waals surface area contributed by atoms with Gasteiger partial charge in [0.05, 0.1) is 22.6 Å². The van der Waals surface area contributed by atoms with Gasteiger partial charge < -0.3 is 0 Å². The van der Waals surface area contributed by atoms with Crippen molar-refractivity contribution in [2.45, 2.75) is 20.8 Å². The zero-order chi connectivity index (χ0) is 49.9. The first-order chi connectivity index (χ1) is 31.4. The van der Waals surface area contributed by atoms with Crippen molar-refractivity contribution in [3.8, 4) is 0 Å². The molecule has 0 saturated heterocycles. The van der Waals surface area contributed by atoms with Crippen LogP contribution in [0, 0.1) is 143 Å². The number of halogens is 20. The zero-order valence-electron chi connectivity index (χ0n) is 33.6. The molecule has 0 aliphatic heterocycles. The van der Waals surface area contributed by atoms with E-state index in [4.69, 9.17) is 0 Å². The summed E-state index contributed by atoms with van der Waals surface area (Å²) in [6.07, 6.45) is -7.22. The molecule has 21 heteroatoms. The number of rotatable bonds is 7. The lowest BCUT2D eigenvalue weighted by atomic mass is 9.12. The van der Waals surface area contributed by atoms with Gasteiger partial charge in [0.2, 0.25) is 0 Å². The summed E-state index contributed by atoms with van der Waals surface area (Å²) in [6.45, 7) is 6.56. The van der Waals surface area contributed by atoms with E-state index in [2.05, 4.69) is 93.6 Å². The van der Waals surface area contributed by atoms with Crippen molar-refractivity contribution in [2.75, 3.05) is 0 Å². The number of hydrogen-bond donors (Lipinski definition) is 0. The highest BCUT2D eigenvalue weighted by Crippen LogP contribution is 2.36. The van der Waals surface area contributed by atoms with Crippen LogP contribution in [0.3, 0.4) is 0 Å². The van der Waals surface area contributed by atoms with E-state index in [1.807, 2.05) is 0 Å². The first-order valence-electron chi connectivity index (χ1n) is 18.7. The molecular formula is C46H21BF20. The van der Waals surface area contributed by atoms with E-state index in [9.17, 15) is 52.7 Å². The van der Waals surface area contributed by atoms with Crippen LogP contribution < -0.4 is 21.9 Å². The molecule has 7 aromatic carbocycles. The van der Waals surface area contributed by atoms with Crippen molar-refractivity contribution in [1.29, 1.82) is 0 Å². The summed E-state index contributed by atoms with van der Waals surface area (Å²) in [5.41, 5.74) is -6.47. The summed E-state index contributed by atoms with van der Waals surface area (Å²) in [6, 6.07) is 25.9. The van der Waals surface area contributed by atoms with Crippen LogP contribution in [-0.2, 0) is 0 Å². The number of benzene rings is 7. The lowest BCUT2D eigenvalue weighted by Gasteiger charge is -2.44. The Morgan fingerprint density at radius 3 is 0.552 bits per heavy atom. The zero-order valence-corrected chi connectivity index (χ0v) is 33.6. The lowest BCUT2D eigenvalue weighted by Crippen LogP contribution is -2.81. The molecule has 0 spiro atoms. The smallest absolute Gasteiger partial charge is 0.200 e. The summed E-state index contributed by atoms with van der Waals surface area (Å²) in [4.78, 5) is 0. The van der Waals surface area contributed by atoms with Gasteiger partial charge in [0.1, 0.15) is 52.7 Å². The normalized spacial score (nSPS) is 11.5. The molecule has 0 heterocycles. The Balaban J connectivity index is 0.000000279. The molecule has 0 radical (unpaired) electrons. The summed E-state index contributed by atoms with van der Waals surface area (Å²) < 4.78 is 294. The van der Waals surface area contributed by atoms with Crippen LogP contribution in [-0.4, -0.2) is 6.15 Å². The Kier molecular flexibility index (Phi) is 13.6. The van der Waals surface area contributed by atoms with Gasteiger partial charge in [-0.05, 0) is 75.4 Å². The maximum absolute atomic E-state index is 15.4. The van der Waals surface area contributed by atoms with E-state index in [1.165, 1.54) is 39.3 Å². The molecule has 0 N–H and O–H groups in total. The molecule has 0 nitrogen and oxygen atoms in total. The third-order valence-electron chi connectivity index (χ3n) is 11.0. The molecule has 67 heavy (non-hydrogen) atoms. The summed E-state index contributed by atoms with van der Waals surface area (Å²) in [7, 11) is 0. The average Bonchev–Trinajstić information content (AvgIpc) is 3.31. The second kappa shape index (κ2) is 18.4. The second-order valence-corrected chi connectivity index (χ2v) is 14.6. The predicted octanol–water partition coefficient (Wildman–Crippen LogP) is 11.5. The highest BCUT2D eigenvalue weighted by atomic mass is 19.2. The molecule has 0 aliphatic rings. The van der Waals surface area contributed by atoms with E-state index in [1.54, 1.807) is 0 Å². The van der Waals surface area contributed by atoms with Crippen molar-refractivity contribution in [1.82, 2.24) is 0 Å². The van der Waals surface area contributed by atoms with Crippen molar-refractivity contribution >= 4 is 28.0 Å². The first-order valence-corrected chi connectivity index (χ1v) is 18.7. The summed E-state index contributed by atoms with van der Waals surface area (Å²) >= 11 is 0. The van der Waals surface area contributed by atoms with Crippen molar-refractivity contribution in [2.24, 2.45) is 0 Å². The largest absolute Gasteiger partial charge is 0.207 e. The Morgan fingerprint density at radius 2 is 0.388 bits per heavy atom. The SMILES string of the molecule is Cc1ccccc1[C+](c1ccccc1C)c1ccccc1C.Fc1c(F)c(F)c([B-](c2c(F)c(F)c(F)c(F)c2F)(c2c(F)c(F)c(F)c(F)c2F)c2c(F)c(F)c(F)c(F)c2F)c(F)c1F. The van der Waals surface area contributed by atoms with Crippen LogP contribution in [0.25, 0.3) is 0 Å². The molecule has 0 saturated carbocycles. The Bertz CT molecular complexity index is 2640. The Morgan fingerprint density at radius 1 is 0.239 bits per heavy atom. The fraction of sp³-hybridized carbons (Fsp3) is 0.0652. The molecule has 0 aliphatic carbocycles. The monoisotopic (exact) mass is 964 g/mol. The quantitative estimate of drug-likeness (QED) is 0.0373. The van der Waals surface area contributed by atoms with Gasteiger partial charge in [0, 0.05) is 16.7 Å². The van der Waals surface area contributed by atoms with Crippen LogP contribution in [0.2, 0.25) is 0 Å². The van der Waals surface area contributed by atoms with E-state index in [0.29, 0.717) is 0 Å². The Labute approximate surface area is 364 Å². The fourth-order valence-corrected chi connectivity index (χ4v) is 7.87. The molecule has 0 unspecified atom stereocenters. The first kappa shape index (κ1) is 49.5. The van der Waals surface area contributed by atoms with Gasteiger partial charge in [-0.3, -0.25) is 0 Å². The molecule has 0 bridgehead atoms. The van der Waals surface area contributed by atoms with Gasteiger partial charge in [-0.1, -0.05) is 18.2 Å². The van der Waals surface area contributed by atoms with Crippen LogP contribution in [0.4, 0.5) is 87.8 Å². The van der Waals surface area contributed by atoms with Crippen molar-refractivity contribution < 1.29 is 87.8 Å². The molecule has 348 valence electrons. The van der Waals surface area contributed by atoms with E-state index >= 15 is 35.1 Å². The number of hydrogen-bond acceptors (Lipinski definition) is 0. The molecule has 0 amide bonds. The summed E-state index contributed by atoms with van der Waals surface area (Å²) in [5, 5.41) is 0. The minimum absolute atomic E-state index is 1.31. The van der Waals surface area contributed by atoms with Crippen LogP contribution >= 0.6 is 0 Å². The number of aryl methyl sites for hydroxylation is 3. The van der Waals surface area contributed by atoms with E-state index in [0.717, 1.165) is 0 Å². The van der Waals surface area contributed by atoms with Gasteiger partial charge in [0.15, 0.2) is 69.8 Å². The molecule has 7 rings (SSSR count). The second-order valence-electron chi connectivity index (χ2n) is 14.6. The van der Waals surface area contributed by atoms with Gasteiger partial charge in [-0.2, -0.15) is 0 Å².